The van der Waals surface area contributed by atoms with Crippen LogP contribution in [-0.2, 0) is 0 Å². The van der Waals surface area contributed by atoms with Crippen LogP contribution >= 0.6 is 0 Å². The monoisotopic (exact) mass is 127 g/mol. The molecule has 9 heavy (non-hydrogen) atoms. The maximum absolute atomic E-state index is 3.55. The van der Waals surface area contributed by atoms with Gasteiger partial charge in [-0.25, -0.2) is 0 Å². The Morgan fingerprint density at radius 3 is 2.22 bits per heavy atom. The molecule has 54 valence electrons. The molecule has 0 unspecified atom stereocenters. The van der Waals surface area contributed by atoms with E-state index in [0.29, 0.717) is 0 Å². The summed E-state index contributed by atoms with van der Waals surface area (Å²) < 4.78 is 0. The molecule has 1 aliphatic rings. The molecule has 1 heterocycles. The largest absolute Gasteiger partial charge is 0.311 e. The van der Waals surface area contributed by atoms with Crippen LogP contribution in [0.2, 0.25) is 0 Å². The van der Waals surface area contributed by atoms with E-state index < -0.39 is 0 Å². The second kappa shape index (κ2) is 2.70. The fraction of sp³-hybridized carbons (Fsp3) is 1.00. The van der Waals surface area contributed by atoms with Gasteiger partial charge in [-0.3, -0.25) is 0 Å². The Balaban J connectivity index is 2.30. The molecule has 1 N–H and O–H groups in total. The van der Waals surface area contributed by atoms with Gasteiger partial charge in [-0.15, -0.1) is 0 Å². The van der Waals surface area contributed by atoms with Gasteiger partial charge in [-0.2, -0.15) is 0 Å². The maximum Gasteiger partial charge on any atom is 0.00931 e. The van der Waals surface area contributed by atoms with Gasteiger partial charge in [0.1, 0.15) is 0 Å². The van der Waals surface area contributed by atoms with Crippen LogP contribution in [0.1, 0.15) is 33.6 Å². The Labute approximate surface area is 57.8 Å². The van der Waals surface area contributed by atoms with E-state index in [2.05, 4.69) is 26.1 Å². The Morgan fingerprint density at radius 1 is 1.33 bits per heavy atom. The molecule has 0 aromatic rings. The van der Waals surface area contributed by atoms with Gasteiger partial charge in [0.15, 0.2) is 0 Å². The van der Waals surface area contributed by atoms with E-state index >= 15 is 0 Å². The molecule has 1 nitrogen and oxygen atoms in total. The summed E-state index contributed by atoms with van der Waals surface area (Å²) in [7, 11) is 0. The van der Waals surface area contributed by atoms with E-state index in [1.54, 1.807) is 0 Å². The molecule has 0 spiro atoms. The summed E-state index contributed by atoms with van der Waals surface area (Å²) in [5.74, 6) is 0.815. The number of hydrogen-bond acceptors (Lipinski definition) is 1. The van der Waals surface area contributed by atoms with E-state index in [9.17, 15) is 0 Å². The van der Waals surface area contributed by atoms with Crippen molar-refractivity contribution in [3.8, 4) is 0 Å². The first-order valence-electron chi connectivity index (χ1n) is 3.96. The van der Waals surface area contributed by atoms with E-state index in [-0.39, 0.29) is 0 Å². The second-order valence-corrected chi connectivity index (χ2v) is 3.50. The minimum absolute atomic E-state index is 0.761. The zero-order chi connectivity index (χ0) is 6.85. The molecule has 2 atom stereocenters. The van der Waals surface area contributed by atoms with Gasteiger partial charge in [0.05, 0.1) is 0 Å². The van der Waals surface area contributed by atoms with Gasteiger partial charge in [-0.05, 0) is 25.7 Å². The quantitative estimate of drug-likeness (QED) is 0.566. The number of hydrogen-bond donors (Lipinski definition) is 1. The minimum atomic E-state index is 0.761. The Morgan fingerprint density at radius 2 is 2.00 bits per heavy atom. The predicted molar refractivity (Wildman–Crippen MR) is 40.5 cm³/mol. The lowest BCUT2D eigenvalue weighted by Crippen LogP contribution is -2.31. The molecule has 0 aromatic heterocycles. The first-order chi connectivity index (χ1) is 4.20. The van der Waals surface area contributed by atoms with Crippen LogP contribution in [0.4, 0.5) is 0 Å². The summed E-state index contributed by atoms with van der Waals surface area (Å²) in [5.41, 5.74) is 0. The first-order valence-corrected chi connectivity index (χ1v) is 3.96. The lowest BCUT2D eigenvalue weighted by atomic mass is 10.0. The zero-order valence-electron chi connectivity index (χ0n) is 6.65. The highest BCUT2D eigenvalue weighted by Gasteiger charge is 2.21. The summed E-state index contributed by atoms with van der Waals surface area (Å²) in [6, 6.07) is 1.55. The van der Waals surface area contributed by atoms with Gasteiger partial charge in [-0.1, -0.05) is 13.8 Å². The van der Waals surface area contributed by atoms with Crippen molar-refractivity contribution in [3.05, 3.63) is 0 Å². The van der Waals surface area contributed by atoms with Crippen molar-refractivity contribution in [1.82, 2.24) is 5.32 Å². The summed E-state index contributed by atoms with van der Waals surface area (Å²) in [6.07, 6.45) is 2.74. The molecule has 0 aromatic carbocycles. The van der Waals surface area contributed by atoms with Crippen molar-refractivity contribution in [1.29, 1.82) is 0 Å². The lowest BCUT2D eigenvalue weighted by Gasteiger charge is -2.14. The molecule has 1 saturated heterocycles. The minimum Gasteiger partial charge on any atom is -0.311 e. The van der Waals surface area contributed by atoms with E-state index in [4.69, 9.17) is 0 Å². The van der Waals surface area contributed by atoms with Crippen molar-refractivity contribution >= 4 is 0 Å². The van der Waals surface area contributed by atoms with Crippen LogP contribution in [0.25, 0.3) is 0 Å². The Hall–Kier alpha value is -0.0400. The molecular formula is C8H17N. The molecule has 0 bridgehead atoms. The van der Waals surface area contributed by atoms with Crippen molar-refractivity contribution < 1.29 is 0 Å². The van der Waals surface area contributed by atoms with Crippen LogP contribution in [-0.4, -0.2) is 12.1 Å². The molecule has 1 heteroatoms. The topological polar surface area (TPSA) is 12.0 Å². The standard InChI is InChI=1S/C8H17N/c1-6(2)8-5-4-7(3)9-8/h6-9H,4-5H2,1-3H3/t7-,8+/m0/s1. The third-order valence-corrected chi connectivity index (χ3v) is 2.21. The lowest BCUT2D eigenvalue weighted by molar-refractivity contribution is 0.436. The molecule has 0 radical (unpaired) electrons. The normalized spacial score (nSPS) is 36.0. The van der Waals surface area contributed by atoms with Gasteiger partial charge in [0, 0.05) is 12.1 Å². The van der Waals surface area contributed by atoms with Crippen molar-refractivity contribution in [3.63, 3.8) is 0 Å². The van der Waals surface area contributed by atoms with Crippen molar-refractivity contribution in [2.45, 2.75) is 45.7 Å². The van der Waals surface area contributed by atoms with Crippen LogP contribution in [0.5, 0.6) is 0 Å². The average molecular weight is 127 g/mol. The zero-order valence-corrected chi connectivity index (χ0v) is 6.65. The van der Waals surface area contributed by atoms with Gasteiger partial charge >= 0.3 is 0 Å². The molecule has 0 saturated carbocycles. The summed E-state index contributed by atoms with van der Waals surface area (Å²) >= 11 is 0. The summed E-state index contributed by atoms with van der Waals surface area (Å²) in [5, 5.41) is 3.55. The third-order valence-electron chi connectivity index (χ3n) is 2.21. The fourth-order valence-corrected chi connectivity index (χ4v) is 1.49. The molecule has 0 aliphatic carbocycles. The second-order valence-electron chi connectivity index (χ2n) is 3.50. The van der Waals surface area contributed by atoms with Gasteiger partial charge in [0.25, 0.3) is 0 Å². The SMILES string of the molecule is CC(C)[C@H]1CC[C@H](C)N1. The fourth-order valence-electron chi connectivity index (χ4n) is 1.49. The number of nitrogens with one attached hydrogen (secondary N) is 1. The molecule has 0 amide bonds. The van der Waals surface area contributed by atoms with Crippen LogP contribution < -0.4 is 5.32 Å². The van der Waals surface area contributed by atoms with Crippen LogP contribution in [0, 0.1) is 5.92 Å². The average Bonchev–Trinajstić information content (AvgIpc) is 2.14. The summed E-state index contributed by atoms with van der Waals surface area (Å²) in [6.45, 7) is 6.84. The molecule has 1 aliphatic heterocycles. The van der Waals surface area contributed by atoms with Crippen molar-refractivity contribution in [2.75, 3.05) is 0 Å². The molecular weight excluding hydrogens is 110 g/mol. The van der Waals surface area contributed by atoms with Crippen LogP contribution in [0.3, 0.4) is 0 Å². The van der Waals surface area contributed by atoms with E-state index in [1.165, 1.54) is 12.8 Å². The predicted octanol–water partition coefficient (Wildman–Crippen LogP) is 1.78. The smallest absolute Gasteiger partial charge is 0.00931 e. The van der Waals surface area contributed by atoms with Gasteiger partial charge < -0.3 is 5.32 Å². The first kappa shape index (κ1) is 7.07. The van der Waals surface area contributed by atoms with E-state index in [1.807, 2.05) is 0 Å². The maximum atomic E-state index is 3.55. The highest BCUT2D eigenvalue weighted by molar-refractivity contribution is 4.82. The Bertz CT molecular complexity index is 88.6. The third kappa shape index (κ3) is 1.68. The summed E-state index contributed by atoms with van der Waals surface area (Å²) in [4.78, 5) is 0. The van der Waals surface area contributed by atoms with Crippen LogP contribution in [0.15, 0.2) is 0 Å². The Kier molecular flexibility index (Phi) is 2.12. The van der Waals surface area contributed by atoms with E-state index in [0.717, 1.165) is 18.0 Å². The highest BCUT2D eigenvalue weighted by Crippen LogP contribution is 2.17. The molecule has 1 fully saturated rings. The number of rotatable bonds is 1. The van der Waals surface area contributed by atoms with Gasteiger partial charge in [0.2, 0.25) is 0 Å². The van der Waals surface area contributed by atoms with Crippen molar-refractivity contribution in [2.24, 2.45) is 5.92 Å². The highest BCUT2D eigenvalue weighted by atomic mass is 15.0. The molecule has 1 rings (SSSR count).